The van der Waals surface area contributed by atoms with Crippen molar-refractivity contribution in [2.45, 2.75) is 84.4 Å². The van der Waals surface area contributed by atoms with Gasteiger partial charge in [-0.3, -0.25) is 14.4 Å². The number of hydrogen-bond donors (Lipinski definition) is 4. The number of phenols is 1. The van der Waals surface area contributed by atoms with Crippen LogP contribution in [-0.2, 0) is 19.1 Å². The van der Waals surface area contributed by atoms with Crippen molar-refractivity contribution >= 4 is 40.3 Å². The van der Waals surface area contributed by atoms with Gasteiger partial charge in [-0.05, 0) is 80.3 Å². The first kappa shape index (κ1) is 33.9. The molecule has 3 aromatic carbocycles. The van der Waals surface area contributed by atoms with E-state index >= 15 is 0 Å². The highest BCUT2D eigenvalue weighted by Crippen LogP contribution is 2.29. The summed E-state index contributed by atoms with van der Waals surface area (Å²) in [7, 11) is 0. The predicted molar refractivity (Wildman–Crippen MR) is 171 cm³/mol. The van der Waals surface area contributed by atoms with Crippen molar-refractivity contribution in [3.63, 3.8) is 0 Å². The molecule has 0 bridgehead atoms. The second-order valence-corrected chi connectivity index (χ2v) is 12.0. The van der Waals surface area contributed by atoms with E-state index in [-0.39, 0.29) is 12.3 Å². The molecule has 236 valence electrons. The standard InChI is InChI=1S/C34H44N4O6/c1-6-7-8-11-18-38(32(42)27(21-29(35)40)37-33(43)44-34(3,4)5)30(25-15-17-28(39)22(2)19-25)31(41)36-26-16-14-23-12-9-10-13-24(23)20-26/h9-10,12-17,19-20,27,30,39H,6-8,11,18,21H2,1-5H3,(H2,35,40)(H,36,41)(H,37,43). The third-order valence-electron chi connectivity index (χ3n) is 7.04. The summed E-state index contributed by atoms with van der Waals surface area (Å²) < 4.78 is 5.35. The van der Waals surface area contributed by atoms with Gasteiger partial charge >= 0.3 is 6.09 Å². The van der Waals surface area contributed by atoms with Crippen LogP contribution in [0.1, 0.15) is 77.0 Å². The number of anilines is 1. The van der Waals surface area contributed by atoms with Gasteiger partial charge in [-0.25, -0.2) is 4.79 Å². The van der Waals surface area contributed by atoms with E-state index in [1.807, 2.05) is 36.4 Å². The van der Waals surface area contributed by atoms with Crippen molar-refractivity contribution in [3.8, 4) is 5.75 Å². The second-order valence-electron chi connectivity index (χ2n) is 12.0. The quantitative estimate of drug-likeness (QED) is 0.184. The van der Waals surface area contributed by atoms with E-state index in [1.165, 1.54) is 11.0 Å². The molecule has 5 N–H and O–H groups in total. The number of nitrogens with zero attached hydrogens (tertiary/aromatic N) is 1. The average molecular weight is 605 g/mol. The Bertz CT molecular complexity index is 1480. The van der Waals surface area contributed by atoms with Crippen LogP contribution in [0.5, 0.6) is 5.75 Å². The number of carbonyl (C=O) groups excluding carboxylic acids is 4. The molecule has 10 heteroatoms. The lowest BCUT2D eigenvalue weighted by atomic mass is 9.99. The van der Waals surface area contributed by atoms with Gasteiger partial charge in [0.25, 0.3) is 5.91 Å². The van der Waals surface area contributed by atoms with Gasteiger partial charge in [0.1, 0.15) is 23.4 Å². The second kappa shape index (κ2) is 15.2. The Hall–Kier alpha value is -4.60. The third kappa shape index (κ3) is 9.72. The van der Waals surface area contributed by atoms with Crippen LogP contribution in [0.25, 0.3) is 10.8 Å². The summed E-state index contributed by atoms with van der Waals surface area (Å²) in [5.41, 5.74) is 6.15. The van der Waals surface area contributed by atoms with E-state index in [2.05, 4.69) is 17.6 Å². The fourth-order valence-corrected chi connectivity index (χ4v) is 4.93. The van der Waals surface area contributed by atoms with Gasteiger partial charge in [0.15, 0.2) is 0 Å². The minimum atomic E-state index is -1.37. The van der Waals surface area contributed by atoms with Crippen LogP contribution in [0, 0.1) is 6.92 Å². The maximum absolute atomic E-state index is 14.3. The molecule has 10 nitrogen and oxygen atoms in total. The summed E-state index contributed by atoms with van der Waals surface area (Å²) in [4.78, 5) is 54.6. The van der Waals surface area contributed by atoms with Crippen molar-refractivity contribution in [2.75, 3.05) is 11.9 Å². The van der Waals surface area contributed by atoms with Crippen molar-refractivity contribution < 1.29 is 29.0 Å². The normalized spacial score (nSPS) is 12.7. The molecule has 0 saturated heterocycles. The number of primary amides is 1. The molecular formula is C34H44N4O6. The molecule has 0 saturated carbocycles. The molecule has 4 amide bonds. The van der Waals surface area contributed by atoms with Gasteiger partial charge in [-0.15, -0.1) is 0 Å². The zero-order valence-electron chi connectivity index (χ0n) is 26.2. The van der Waals surface area contributed by atoms with Gasteiger partial charge in [0.05, 0.1) is 6.42 Å². The number of unbranched alkanes of at least 4 members (excludes halogenated alkanes) is 3. The van der Waals surface area contributed by atoms with Crippen molar-refractivity contribution in [2.24, 2.45) is 5.73 Å². The summed E-state index contributed by atoms with van der Waals surface area (Å²) in [5, 5.41) is 17.6. The Kier molecular flexibility index (Phi) is 11.7. The summed E-state index contributed by atoms with van der Waals surface area (Å²) in [6.07, 6.45) is 1.88. The molecular weight excluding hydrogens is 560 g/mol. The van der Waals surface area contributed by atoms with Crippen LogP contribution >= 0.6 is 0 Å². The lowest BCUT2D eigenvalue weighted by Crippen LogP contribution is -2.53. The Morgan fingerprint density at radius 2 is 1.66 bits per heavy atom. The molecule has 3 rings (SSSR count). The Morgan fingerprint density at radius 3 is 2.30 bits per heavy atom. The molecule has 2 unspecified atom stereocenters. The molecule has 0 aliphatic heterocycles. The van der Waals surface area contributed by atoms with Crippen LogP contribution in [0.2, 0.25) is 0 Å². The highest BCUT2D eigenvalue weighted by Gasteiger charge is 2.37. The number of ether oxygens (including phenoxy) is 1. The predicted octanol–water partition coefficient (Wildman–Crippen LogP) is 5.71. The minimum absolute atomic E-state index is 0.0430. The molecule has 3 aromatic rings. The smallest absolute Gasteiger partial charge is 0.408 e. The van der Waals surface area contributed by atoms with E-state index in [4.69, 9.17) is 10.5 Å². The average Bonchev–Trinajstić information content (AvgIpc) is 2.94. The Morgan fingerprint density at radius 1 is 0.955 bits per heavy atom. The van der Waals surface area contributed by atoms with E-state index < -0.39 is 47.9 Å². The largest absolute Gasteiger partial charge is 0.508 e. The number of benzene rings is 3. The number of amides is 4. The number of aryl methyl sites for hydroxylation is 1. The van der Waals surface area contributed by atoms with Gasteiger partial charge in [-0.1, -0.05) is 62.6 Å². The maximum atomic E-state index is 14.3. The van der Waals surface area contributed by atoms with E-state index in [0.29, 0.717) is 23.2 Å². The lowest BCUT2D eigenvalue weighted by molar-refractivity contribution is -0.142. The monoisotopic (exact) mass is 604 g/mol. The van der Waals surface area contributed by atoms with Crippen LogP contribution < -0.4 is 16.4 Å². The molecule has 0 spiro atoms. The van der Waals surface area contributed by atoms with Crippen LogP contribution in [0.4, 0.5) is 10.5 Å². The number of alkyl carbamates (subject to hydrolysis) is 1. The number of nitrogens with two attached hydrogens (primary N) is 1. The van der Waals surface area contributed by atoms with Gasteiger partial charge in [0, 0.05) is 12.2 Å². The van der Waals surface area contributed by atoms with Crippen molar-refractivity contribution in [1.82, 2.24) is 10.2 Å². The Labute approximate surface area is 258 Å². The highest BCUT2D eigenvalue weighted by atomic mass is 16.6. The molecule has 44 heavy (non-hydrogen) atoms. The third-order valence-corrected chi connectivity index (χ3v) is 7.04. The van der Waals surface area contributed by atoms with E-state index in [9.17, 15) is 24.3 Å². The lowest BCUT2D eigenvalue weighted by Gasteiger charge is -2.34. The number of nitrogens with one attached hydrogen (secondary N) is 2. The number of fused-ring (bicyclic) bond motifs is 1. The SMILES string of the molecule is CCCCCCN(C(=O)C(CC(N)=O)NC(=O)OC(C)(C)C)C(C(=O)Nc1ccc2ccccc2c1)c1ccc(O)c(C)c1. The van der Waals surface area contributed by atoms with Crippen molar-refractivity contribution in [1.29, 1.82) is 0 Å². The number of carbonyl (C=O) groups is 4. The zero-order valence-corrected chi connectivity index (χ0v) is 26.2. The topological polar surface area (TPSA) is 151 Å². The van der Waals surface area contributed by atoms with Gasteiger partial charge < -0.3 is 31.1 Å². The highest BCUT2D eigenvalue weighted by molar-refractivity contribution is 6.01. The number of rotatable bonds is 13. The van der Waals surface area contributed by atoms with E-state index in [1.54, 1.807) is 45.9 Å². The van der Waals surface area contributed by atoms with E-state index in [0.717, 1.165) is 30.0 Å². The molecule has 0 aliphatic carbocycles. The number of hydrogen-bond acceptors (Lipinski definition) is 6. The molecule has 0 aromatic heterocycles. The van der Waals surface area contributed by atoms with Gasteiger partial charge in [0.2, 0.25) is 11.8 Å². The first-order chi connectivity index (χ1) is 20.8. The van der Waals surface area contributed by atoms with Crippen LogP contribution in [-0.4, -0.2) is 52.0 Å². The molecule has 0 heterocycles. The minimum Gasteiger partial charge on any atom is -0.508 e. The summed E-state index contributed by atoms with van der Waals surface area (Å²) in [6.45, 7) is 8.97. The molecule has 0 radical (unpaired) electrons. The van der Waals surface area contributed by atoms with Crippen LogP contribution in [0.15, 0.2) is 60.7 Å². The summed E-state index contributed by atoms with van der Waals surface area (Å²) in [5.74, 6) is -1.91. The zero-order chi connectivity index (χ0) is 32.4. The molecule has 2 atom stereocenters. The fourth-order valence-electron chi connectivity index (χ4n) is 4.93. The van der Waals surface area contributed by atoms with Crippen molar-refractivity contribution in [3.05, 3.63) is 71.8 Å². The molecule has 0 aliphatic rings. The first-order valence-electron chi connectivity index (χ1n) is 15.0. The van der Waals surface area contributed by atoms with Crippen LogP contribution in [0.3, 0.4) is 0 Å². The summed E-state index contributed by atoms with van der Waals surface area (Å²) in [6, 6.07) is 15.4. The molecule has 0 fully saturated rings. The Balaban J connectivity index is 2.07. The van der Waals surface area contributed by atoms with Gasteiger partial charge in [-0.2, -0.15) is 0 Å². The fraction of sp³-hybridized carbons (Fsp3) is 0.412. The maximum Gasteiger partial charge on any atom is 0.408 e. The first-order valence-corrected chi connectivity index (χ1v) is 15.0. The summed E-state index contributed by atoms with van der Waals surface area (Å²) >= 11 is 0. The number of phenolic OH excluding ortho intramolecular Hbond substituents is 1. The number of aromatic hydroxyl groups is 1.